The minimum absolute atomic E-state index is 1.04. The predicted molar refractivity (Wildman–Crippen MR) is 123 cm³/mol. The minimum atomic E-state index is 1.04. The Morgan fingerprint density at radius 3 is 1.76 bits per heavy atom. The van der Waals surface area contributed by atoms with Crippen LogP contribution in [-0.4, -0.2) is 0 Å². The third-order valence-corrected chi connectivity index (χ3v) is 5.20. The van der Waals surface area contributed by atoms with Gasteiger partial charge >= 0.3 is 0 Å². The number of aryl methyl sites for hydroxylation is 2. The Hall–Kier alpha value is -3.48. The molecule has 1 aliphatic carbocycles. The second-order valence-corrected chi connectivity index (χ2v) is 7.61. The number of allylic oxidation sites excluding steroid dienone is 2. The molecule has 0 radical (unpaired) electrons. The van der Waals surface area contributed by atoms with E-state index in [2.05, 4.69) is 110 Å². The molecule has 0 N–H and O–H groups in total. The summed E-state index contributed by atoms with van der Waals surface area (Å²) in [5, 5.41) is 0. The molecule has 0 aliphatic heterocycles. The standard InChI is InChI=1S/C29H24/c1-22-7-11-24(12-8-22)15-16-26-18-20-28(29(21-26)27-5-3-4-6-27)19-17-25-13-9-23(2)10-14-25/h5,7-14,18,20-21H,3-4,6H2,1-2H3. The maximum atomic E-state index is 3.39. The van der Waals surface area contributed by atoms with Crippen molar-refractivity contribution in [2.24, 2.45) is 0 Å². The van der Waals surface area contributed by atoms with Crippen LogP contribution in [0.15, 0.2) is 72.8 Å². The van der Waals surface area contributed by atoms with Gasteiger partial charge in [-0.25, -0.2) is 0 Å². The number of benzene rings is 3. The van der Waals surface area contributed by atoms with Crippen molar-refractivity contribution in [1.29, 1.82) is 0 Å². The summed E-state index contributed by atoms with van der Waals surface area (Å²) in [7, 11) is 0. The Bertz CT molecular complexity index is 1170. The third-order valence-electron chi connectivity index (χ3n) is 5.20. The molecule has 1 aliphatic rings. The lowest BCUT2D eigenvalue weighted by atomic mass is 9.96. The normalized spacial score (nSPS) is 12.4. The lowest BCUT2D eigenvalue weighted by Gasteiger charge is -2.07. The van der Waals surface area contributed by atoms with E-state index in [1.807, 2.05) is 0 Å². The van der Waals surface area contributed by atoms with Crippen LogP contribution in [0.5, 0.6) is 0 Å². The van der Waals surface area contributed by atoms with Gasteiger partial charge in [0.1, 0.15) is 0 Å². The molecule has 0 fully saturated rings. The molecule has 3 aromatic carbocycles. The number of hydrogen-bond donors (Lipinski definition) is 0. The van der Waals surface area contributed by atoms with Gasteiger partial charge in [0.05, 0.1) is 0 Å². The van der Waals surface area contributed by atoms with Gasteiger partial charge in [-0.15, -0.1) is 0 Å². The van der Waals surface area contributed by atoms with Crippen LogP contribution in [0.3, 0.4) is 0 Å². The number of hydrogen-bond acceptors (Lipinski definition) is 0. The van der Waals surface area contributed by atoms with Crippen LogP contribution in [0.1, 0.15) is 58.2 Å². The van der Waals surface area contributed by atoms with Gasteiger partial charge in [0.2, 0.25) is 0 Å². The van der Waals surface area contributed by atoms with Gasteiger partial charge in [0.25, 0.3) is 0 Å². The summed E-state index contributed by atoms with van der Waals surface area (Å²) < 4.78 is 0. The molecule has 0 amide bonds. The zero-order valence-corrected chi connectivity index (χ0v) is 17.0. The van der Waals surface area contributed by atoms with Gasteiger partial charge in [0, 0.05) is 22.3 Å². The van der Waals surface area contributed by atoms with Gasteiger partial charge < -0.3 is 0 Å². The molecular weight excluding hydrogens is 348 g/mol. The first-order valence-electron chi connectivity index (χ1n) is 10.2. The second-order valence-electron chi connectivity index (χ2n) is 7.61. The first-order chi connectivity index (χ1) is 14.2. The minimum Gasteiger partial charge on any atom is -0.0807 e. The summed E-state index contributed by atoms with van der Waals surface area (Å²) in [5.41, 5.74) is 9.35. The molecule has 0 bridgehead atoms. The summed E-state index contributed by atoms with van der Waals surface area (Å²) in [6.45, 7) is 4.19. The summed E-state index contributed by atoms with van der Waals surface area (Å²) in [6, 6.07) is 23.1. The highest BCUT2D eigenvalue weighted by molar-refractivity contribution is 5.74. The average molecular weight is 373 g/mol. The fraction of sp³-hybridized carbons (Fsp3) is 0.172. The molecule has 0 spiro atoms. The topological polar surface area (TPSA) is 0 Å². The van der Waals surface area contributed by atoms with Gasteiger partial charge in [-0.3, -0.25) is 0 Å². The van der Waals surface area contributed by atoms with Crippen molar-refractivity contribution in [3.63, 3.8) is 0 Å². The van der Waals surface area contributed by atoms with Crippen molar-refractivity contribution < 1.29 is 0 Å². The fourth-order valence-electron chi connectivity index (χ4n) is 3.47. The molecule has 0 aromatic heterocycles. The Kier molecular flexibility index (Phi) is 5.65. The summed E-state index contributed by atoms with van der Waals surface area (Å²) in [4.78, 5) is 0. The van der Waals surface area contributed by atoms with E-state index in [-0.39, 0.29) is 0 Å². The lowest BCUT2D eigenvalue weighted by Crippen LogP contribution is -1.90. The van der Waals surface area contributed by atoms with E-state index in [1.165, 1.54) is 28.7 Å². The van der Waals surface area contributed by atoms with Crippen molar-refractivity contribution in [2.45, 2.75) is 33.1 Å². The van der Waals surface area contributed by atoms with Crippen molar-refractivity contribution in [3.05, 3.63) is 112 Å². The lowest BCUT2D eigenvalue weighted by molar-refractivity contribution is 0.935. The molecule has 0 atom stereocenters. The maximum Gasteiger partial charge on any atom is 0.0324 e. The van der Waals surface area contributed by atoms with Crippen LogP contribution in [0.4, 0.5) is 0 Å². The summed E-state index contributed by atoms with van der Waals surface area (Å²) in [5.74, 6) is 13.3. The Balaban J connectivity index is 1.68. The van der Waals surface area contributed by atoms with E-state index < -0.39 is 0 Å². The van der Waals surface area contributed by atoms with E-state index in [4.69, 9.17) is 0 Å². The van der Waals surface area contributed by atoms with E-state index in [1.54, 1.807) is 0 Å². The van der Waals surface area contributed by atoms with Crippen molar-refractivity contribution in [2.75, 3.05) is 0 Å². The Morgan fingerprint density at radius 1 is 0.621 bits per heavy atom. The van der Waals surface area contributed by atoms with Gasteiger partial charge in [0.15, 0.2) is 0 Å². The number of rotatable bonds is 1. The molecule has 0 unspecified atom stereocenters. The highest BCUT2D eigenvalue weighted by Crippen LogP contribution is 2.30. The third kappa shape index (κ3) is 4.87. The molecule has 4 rings (SSSR count). The summed E-state index contributed by atoms with van der Waals surface area (Å²) in [6.07, 6.45) is 5.84. The molecule has 0 nitrogen and oxygen atoms in total. The zero-order valence-electron chi connectivity index (χ0n) is 17.0. The monoisotopic (exact) mass is 372 g/mol. The van der Waals surface area contributed by atoms with Crippen LogP contribution >= 0.6 is 0 Å². The largest absolute Gasteiger partial charge is 0.0807 e. The fourth-order valence-corrected chi connectivity index (χ4v) is 3.47. The van der Waals surface area contributed by atoms with E-state index >= 15 is 0 Å². The molecular formula is C29H24. The van der Waals surface area contributed by atoms with Gasteiger partial charge in [-0.1, -0.05) is 65.2 Å². The molecule has 0 heterocycles. The summed E-state index contributed by atoms with van der Waals surface area (Å²) >= 11 is 0. The van der Waals surface area contributed by atoms with Crippen molar-refractivity contribution >= 4 is 5.57 Å². The Labute approximate surface area is 174 Å². The zero-order chi connectivity index (χ0) is 20.1. The first kappa shape index (κ1) is 18.9. The van der Waals surface area contributed by atoms with Crippen LogP contribution in [0.2, 0.25) is 0 Å². The van der Waals surface area contributed by atoms with Gasteiger partial charge in [-0.05, 0) is 86.7 Å². The first-order valence-corrected chi connectivity index (χ1v) is 10.2. The van der Waals surface area contributed by atoms with Crippen LogP contribution in [-0.2, 0) is 0 Å². The van der Waals surface area contributed by atoms with E-state index in [0.29, 0.717) is 0 Å². The average Bonchev–Trinajstić information content (AvgIpc) is 3.28. The maximum absolute atomic E-state index is 3.39. The molecule has 3 aromatic rings. The molecule has 140 valence electrons. The molecule has 0 saturated heterocycles. The Morgan fingerprint density at radius 2 is 1.17 bits per heavy atom. The molecule has 0 saturated carbocycles. The second kappa shape index (κ2) is 8.68. The van der Waals surface area contributed by atoms with Crippen molar-refractivity contribution in [1.82, 2.24) is 0 Å². The smallest absolute Gasteiger partial charge is 0.0324 e. The van der Waals surface area contributed by atoms with Crippen LogP contribution < -0.4 is 0 Å². The van der Waals surface area contributed by atoms with Crippen LogP contribution in [0, 0.1) is 37.5 Å². The predicted octanol–water partition coefficient (Wildman–Crippen LogP) is 6.67. The quantitative estimate of drug-likeness (QED) is 0.418. The SMILES string of the molecule is Cc1ccc(C#Cc2ccc(C#Cc3ccc(C)cc3)c(C3=CCCC3)c2)cc1. The highest BCUT2D eigenvalue weighted by Gasteiger charge is 2.11. The molecule has 0 heteroatoms. The van der Waals surface area contributed by atoms with E-state index in [9.17, 15) is 0 Å². The molecule has 29 heavy (non-hydrogen) atoms. The van der Waals surface area contributed by atoms with Crippen molar-refractivity contribution in [3.8, 4) is 23.7 Å². The van der Waals surface area contributed by atoms with Gasteiger partial charge in [-0.2, -0.15) is 0 Å². The highest BCUT2D eigenvalue weighted by atomic mass is 14.1. The van der Waals surface area contributed by atoms with E-state index in [0.717, 1.165) is 35.1 Å². The van der Waals surface area contributed by atoms with Crippen LogP contribution in [0.25, 0.3) is 5.57 Å².